The van der Waals surface area contributed by atoms with Gasteiger partial charge in [0.2, 0.25) is 0 Å². The molecule has 0 aliphatic rings. The van der Waals surface area contributed by atoms with E-state index in [2.05, 4.69) is 25.9 Å². The quantitative estimate of drug-likeness (QED) is 0.708. The Hall–Kier alpha value is -3.17. The molecule has 10 nitrogen and oxygen atoms in total. The lowest BCUT2D eigenvalue weighted by Gasteiger charge is -2.12. The van der Waals surface area contributed by atoms with Crippen LogP contribution < -0.4 is 14.8 Å². The lowest BCUT2D eigenvalue weighted by Crippen LogP contribution is -2.16. The number of hydrogen-bond donors (Lipinski definition) is 3. The van der Waals surface area contributed by atoms with E-state index in [0.717, 1.165) is 0 Å². The minimum Gasteiger partial charge on any atom is -0.493 e. The summed E-state index contributed by atoms with van der Waals surface area (Å²) in [6.45, 7) is 0. The second kappa shape index (κ2) is 5.86. The molecular weight excluding hydrogens is 282 g/mol. The summed E-state index contributed by atoms with van der Waals surface area (Å²) in [5, 5.41) is 23.9. The van der Waals surface area contributed by atoms with E-state index >= 15 is 0 Å². The molecule has 110 valence electrons. The Morgan fingerprint density at radius 3 is 2.43 bits per heavy atom. The Morgan fingerprint density at radius 2 is 1.90 bits per heavy atom. The second-order valence-electron chi connectivity index (χ2n) is 3.75. The van der Waals surface area contributed by atoms with Crippen LogP contribution in [0.4, 0.5) is 5.69 Å². The third-order valence-corrected chi connectivity index (χ3v) is 2.55. The highest BCUT2D eigenvalue weighted by Gasteiger charge is 2.19. The fourth-order valence-corrected chi connectivity index (χ4v) is 1.60. The van der Waals surface area contributed by atoms with Crippen molar-refractivity contribution in [2.75, 3.05) is 19.5 Å². The number of nitrogens with zero attached hydrogens (tertiary/aromatic N) is 3. The Bertz CT molecular complexity index is 670. The van der Waals surface area contributed by atoms with Gasteiger partial charge in [0.25, 0.3) is 11.7 Å². The number of carboxylic acid groups (broad SMARTS) is 1. The van der Waals surface area contributed by atoms with Gasteiger partial charge in [0.15, 0.2) is 11.5 Å². The van der Waals surface area contributed by atoms with Gasteiger partial charge in [0, 0.05) is 12.1 Å². The molecule has 0 atom stereocenters. The number of ether oxygens (including phenoxy) is 2. The van der Waals surface area contributed by atoms with Gasteiger partial charge >= 0.3 is 5.97 Å². The van der Waals surface area contributed by atoms with Crippen molar-refractivity contribution in [1.29, 1.82) is 0 Å². The summed E-state index contributed by atoms with van der Waals surface area (Å²) in [7, 11) is 2.77. The van der Waals surface area contributed by atoms with E-state index in [1.807, 2.05) is 0 Å². The predicted molar refractivity (Wildman–Crippen MR) is 68.6 cm³/mol. The van der Waals surface area contributed by atoms with Crippen LogP contribution in [0.15, 0.2) is 12.1 Å². The molecule has 0 radical (unpaired) electrons. The number of nitrogens with one attached hydrogen (secondary N) is 2. The van der Waals surface area contributed by atoms with Crippen LogP contribution in [0.2, 0.25) is 0 Å². The van der Waals surface area contributed by atoms with Crippen molar-refractivity contribution in [3.05, 3.63) is 23.5 Å². The summed E-state index contributed by atoms with van der Waals surface area (Å²) < 4.78 is 10.1. The normalized spacial score (nSPS) is 10.0. The lowest BCUT2D eigenvalue weighted by atomic mass is 10.1. The van der Waals surface area contributed by atoms with Gasteiger partial charge in [0.1, 0.15) is 0 Å². The maximum Gasteiger partial charge on any atom is 0.337 e. The highest BCUT2D eigenvalue weighted by Crippen LogP contribution is 2.33. The molecule has 0 aliphatic carbocycles. The Labute approximate surface area is 118 Å². The maximum absolute atomic E-state index is 11.8. The molecule has 0 aliphatic heterocycles. The first-order valence-electron chi connectivity index (χ1n) is 5.61. The van der Waals surface area contributed by atoms with Crippen LogP contribution in [0, 0.1) is 0 Å². The van der Waals surface area contributed by atoms with Crippen molar-refractivity contribution in [3.63, 3.8) is 0 Å². The number of aromatic carboxylic acids is 1. The van der Waals surface area contributed by atoms with Crippen molar-refractivity contribution in [1.82, 2.24) is 20.6 Å². The van der Waals surface area contributed by atoms with Crippen molar-refractivity contribution < 1.29 is 24.2 Å². The third-order valence-electron chi connectivity index (χ3n) is 2.55. The molecule has 0 spiro atoms. The summed E-state index contributed by atoms with van der Waals surface area (Å²) >= 11 is 0. The molecule has 1 aromatic carbocycles. The smallest absolute Gasteiger partial charge is 0.337 e. The highest BCUT2D eigenvalue weighted by molar-refractivity contribution is 6.06. The number of rotatable bonds is 5. The second-order valence-corrected chi connectivity index (χ2v) is 3.75. The fraction of sp³-hybridized carbons (Fsp3) is 0.182. The molecule has 1 heterocycles. The molecule has 0 saturated heterocycles. The van der Waals surface area contributed by atoms with Crippen LogP contribution >= 0.6 is 0 Å². The monoisotopic (exact) mass is 293 g/mol. The number of carbonyl (C=O) groups is 2. The zero-order chi connectivity index (χ0) is 15.4. The standard InChI is InChI=1S/C11H11N5O5/c1-20-7-3-5(11(18)19)6(4-8(7)21-2)12-10(17)9-13-15-16-14-9/h3-4H,1-2H3,(H,12,17)(H,18,19)(H,13,14,15,16). The van der Waals surface area contributed by atoms with E-state index in [1.54, 1.807) is 0 Å². The summed E-state index contributed by atoms with van der Waals surface area (Å²) in [5.74, 6) is -1.67. The minimum atomic E-state index is -1.24. The Balaban J connectivity index is 2.41. The Kier molecular flexibility index (Phi) is 3.97. The number of benzene rings is 1. The molecule has 1 aromatic heterocycles. The zero-order valence-corrected chi connectivity index (χ0v) is 11.1. The molecule has 0 unspecified atom stereocenters. The summed E-state index contributed by atoms with van der Waals surface area (Å²) in [4.78, 5) is 23.1. The van der Waals surface area contributed by atoms with Crippen LogP contribution in [-0.2, 0) is 0 Å². The van der Waals surface area contributed by atoms with E-state index in [1.165, 1.54) is 26.4 Å². The van der Waals surface area contributed by atoms with Gasteiger partial charge in [-0.1, -0.05) is 0 Å². The van der Waals surface area contributed by atoms with Gasteiger partial charge in [-0.25, -0.2) is 4.79 Å². The maximum atomic E-state index is 11.8. The van der Waals surface area contributed by atoms with Crippen molar-refractivity contribution in [2.24, 2.45) is 0 Å². The van der Waals surface area contributed by atoms with Crippen LogP contribution in [-0.4, -0.2) is 51.8 Å². The molecule has 0 fully saturated rings. The van der Waals surface area contributed by atoms with Gasteiger partial charge in [0.05, 0.1) is 25.5 Å². The minimum absolute atomic E-state index is 0.0231. The average molecular weight is 293 g/mol. The van der Waals surface area contributed by atoms with Gasteiger partial charge in [-0.3, -0.25) is 4.79 Å². The van der Waals surface area contributed by atoms with Crippen LogP contribution in [0.3, 0.4) is 0 Å². The van der Waals surface area contributed by atoms with Gasteiger partial charge < -0.3 is 19.9 Å². The number of amides is 1. The predicted octanol–water partition coefficient (Wildman–Crippen LogP) is 0.167. The van der Waals surface area contributed by atoms with E-state index in [-0.39, 0.29) is 28.6 Å². The molecule has 1 amide bonds. The summed E-state index contributed by atoms with van der Waals surface area (Å²) in [6, 6.07) is 2.58. The number of aromatic amines is 1. The lowest BCUT2D eigenvalue weighted by molar-refractivity contribution is 0.0697. The fourth-order valence-electron chi connectivity index (χ4n) is 1.60. The molecule has 2 aromatic rings. The molecule has 2 rings (SSSR count). The first kappa shape index (κ1) is 14.2. The molecule has 21 heavy (non-hydrogen) atoms. The number of carbonyl (C=O) groups excluding carboxylic acids is 1. The van der Waals surface area contributed by atoms with E-state index in [0.29, 0.717) is 0 Å². The number of H-pyrrole nitrogens is 1. The first-order chi connectivity index (χ1) is 10.1. The number of methoxy groups -OCH3 is 2. The Morgan fingerprint density at radius 1 is 1.24 bits per heavy atom. The topological polar surface area (TPSA) is 139 Å². The number of carboxylic acids is 1. The first-order valence-corrected chi connectivity index (χ1v) is 5.61. The largest absolute Gasteiger partial charge is 0.493 e. The number of aromatic nitrogens is 4. The van der Waals surface area contributed by atoms with Crippen LogP contribution in [0.25, 0.3) is 0 Å². The highest BCUT2D eigenvalue weighted by atomic mass is 16.5. The number of tetrazole rings is 1. The van der Waals surface area contributed by atoms with Gasteiger partial charge in [-0.05, 0) is 5.21 Å². The molecule has 0 bridgehead atoms. The van der Waals surface area contributed by atoms with Crippen molar-refractivity contribution in [3.8, 4) is 11.5 Å². The van der Waals surface area contributed by atoms with E-state index in [9.17, 15) is 14.7 Å². The SMILES string of the molecule is COc1cc(NC(=O)c2nn[nH]n2)c(C(=O)O)cc1OC. The average Bonchev–Trinajstić information content (AvgIpc) is 3.00. The van der Waals surface area contributed by atoms with Gasteiger partial charge in [-0.15, -0.1) is 10.2 Å². The van der Waals surface area contributed by atoms with Gasteiger partial charge in [-0.2, -0.15) is 5.21 Å². The number of anilines is 1. The van der Waals surface area contributed by atoms with E-state index in [4.69, 9.17) is 9.47 Å². The van der Waals surface area contributed by atoms with E-state index < -0.39 is 11.9 Å². The van der Waals surface area contributed by atoms with Crippen LogP contribution in [0.1, 0.15) is 21.0 Å². The third kappa shape index (κ3) is 2.88. The summed E-state index contributed by atoms with van der Waals surface area (Å²) in [5.41, 5.74) is -0.139. The molecule has 10 heteroatoms. The molecule has 3 N–H and O–H groups in total. The van der Waals surface area contributed by atoms with Crippen LogP contribution in [0.5, 0.6) is 11.5 Å². The van der Waals surface area contributed by atoms with Crippen molar-refractivity contribution >= 4 is 17.6 Å². The van der Waals surface area contributed by atoms with Crippen molar-refractivity contribution in [2.45, 2.75) is 0 Å². The molecular formula is C11H11N5O5. The molecule has 0 saturated carbocycles. The number of hydrogen-bond acceptors (Lipinski definition) is 7. The summed E-state index contributed by atoms with van der Waals surface area (Å²) in [6.07, 6.45) is 0. The zero-order valence-electron chi connectivity index (χ0n) is 11.1.